The standard InChI is InChI=1S/C7H16.C6H14S2/c1-3-5-7-6-4-2;1-3-5-7-8-6-4-2/h3-7H2,1-2H3;3-6H2,1-2H3. The third-order valence-corrected chi connectivity index (χ3v) is 4.68. The lowest BCUT2D eigenvalue weighted by atomic mass is 10.2. The second-order valence-corrected chi connectivity index (χ2v) is 6.41. The summed E-state index contributed by atoms with van der Waals surface area (Å²) in [5.74, 6) is 2.62. The van der Waals surface area contributed by atoms with E-state index in [4.69, 9.17) is 0 Å². The van der Waals surface area contributed by atoms with E-state index in [0.29, 0.717) is 0 Å². The van der Waals surface area contributed by atoms with E-state index >= 15 is 0 Å². The van der Waals surface area contributed by atoms with Gasteiger partial charge in [0.15, 0.2) is 0 Å². The van der Waals surface area contributed by atoms with Crippen LogP contribution in [0.5, 0.6) is 0 Å². The van der Waals surface area contributed by atoms with Crippen LogP contribution in [-0.2, 0) is 0 Å². The minimum atomic E-state index is 1.31. The van der Waals surface area contributed by atoms with Crippen molar-refractivity contribution in [3.8, 4) is 0 Å². The van der Waals surface area contributed by atoms with E-state index < -0.39 is 0 Å². The molecule has 0 amide bonds. The Hall–Kier alpha value is 0.700. The van der Waals surface area contributed by atoms with Gasteiger partial charge in [0.2, 0.25) is 0 Å². The van der Waals surface area contributed by atoms with Gasteiger partial charge in [0.05, 0.1) is 0 Å². The molecule has 0 aliphatic rings. The molecule has 0 fully saturated rings. The van der Waals surface area contributed by atoms with E-state index in [2.05, 4.69) is 27.7 Å². The SMILES string of the molecule is CCCCCCC.CCCSSCCC. The Balaban J connectivity index is 0. The first-order valence-electron chi connectivity index (χ1n) is 6.57. The summed E-state index contributed by atoms with van der Waals surface area (Å²) in [7, 11) is 3.99. The normalized spacial score (nSPS) is 9.60. The van der Waals surface area contributed by atoms with E-state index in [1.165, 1.54) is 56.5 Å². The van der Waals surface area contributed by atoms with Crippen LogP contribution >= 0.6 is 21.6 Å². The van der Waals surface area contributed by atoms with E-state index in [0.717, 1.165) is 0 Å². The molecule has 0 bridgehead atoms. The molecule has 0 radical (unpaired) electrons. The van der Waals surface area contributed by atoms with Crippen molar-refractivity contribution in [1.29, 1.82) is 0 Å². The van der Waals surface area contributed by atoms with Crippen LogP contribution in [-0.4, -0.2) is 11.5 Å². The van der Waals surface area contributed by atoms with Gasteiger partial charge in [-0.05, 0) is 12.8 Å². The zero-order chi connectivity index (χ0) is 11.8. The average Bonchev–Trinajstić information content (AvgIpc) is 2.26. The molecule has 0 spiro atoms. The third-order valence-electron chi connectivity index (χ3n) is 1.87. The van der Waals surface area contributed by atoms with Crippen LogP contribution in [0.4, 0.5) is 0 Å². The fourth-order valence-electron chi connectivity index (χ4n) is 0.961. The van der Waals surface area contributed by atoms with Crippen molar-refractivity contribution < 1.29 is 0 Å². The zero-order valence-corrected chi connectivity index (χ0v) is 12.8. The molecule has 0 aromatic carbocycles. The van der Waals surface area contributed by atoms with E-state index in [9.17, 15) is 0 Å². The van der Waals surface area contributed by atoms with Crippen LogP contribution in [0.1, 0.15) is 72.6 Å². The number of unbranched alkanes of at least 4 members (excludes halogenated alkanes) is 4. The summed E-state index contributed by atoms with van der Waals surface area (Å²) in [5.41, 5.74) is 0. The summed E-state index contributed by atoms with van der Waals surface area (Å²) in [6, 6.07) is 0. The maximum Gasteiger partial charge on any atom is 0.00343 e. The third kappa shape index (κ3) is 25.2. The summed E-state index contributed by atoms with van der Waals surface area (Å²) in [5, 5.41) is 0. The van der Waals surface area contributed by atoms with Crippen molar-refractivity contribution in [2.45, 2.75) is 72.6 Å². The molecule has 0 aliphatic heterocycles. The van der Waals surface area contributed by atoms with Gasteiger partial charge in [0.25, 0.3) is 0 Å². The molecule has 0 aliphatic carbocycles. The minimum absolute atomic E-state index is 1.31. The van der Waals surface area contributed by atoms with Crippen molar-refractivity contribution in [3.05, 3.63) is 0 Å². The largest absolute Gasteiger partial charge is 0.0942 e. The van der Waals surface area contributed by atoms with E-state index in [1.807, 2.05) is 21.6 Å². The maximum atomic E-state index is 2.25. The highest BCUT2D eigenvalue weighted by molar-refractivity contribution is 8.76. The van der Waals surface area contributed by atoms with Crippen LogP contribution in [0.25, 0.3) is 0 Å². The molecule has 15 heavy (non-hydrogen) atoms. The molecule has 0 unspecified atom stereocenters. The van der Waals surface area contributed by atoms with Crippen LogP contribution in [0, 0.1) is 0 Å². The van der Waals surface area contributed by atoms with Gasteiger partial charge in [-0.3, -0.25) is 0 Å². The smallest absolute Gasteiger partial charge is 0.00343 e. The second kappa shape index (κ2) is 20.2. The summed E-state index contributed by atoms with van der Waals surface area (Å²) < 4.78 is 0. The molecule has 0 nitrogen and oxygen atoms in total. The fourth-order valence-corrected chi connectivity index (χ4v) is 3.24. The Morgan fingerprint density at radius 3 is 1.20 bits per heavy atom. The summed E-state index contributed by atoms with van der Waals surface area (Å²) in [6.45, 7) is 8.93. The van der Waals surface area contributed by atoms with Gasteiger partial charge in [-0.1, -0.05) is 81.4 Å². The summed E-state index contributed by atoms with van der Waals surface area (Å²) in [6.07, 6.45) is 9.62. The van der Waals surface area contributed by atoms with Gasteiger partial charge in [0, 0.05) is 11.5 Å². The molecule has 0 rings (SSSR count). The fraction of sp³-hybridized carbons (Fsp3) is 1.00. The lowest BCUT2D eigenvalue weighted by molar-refractivity contribution is 0.656. The highest BCUT2D eigenvalue weighted by Crippen LogP contribution is 2.21. The molecule has 0 saturated heterocycles. The molecule has 2 heteroatoms. The van der Waals surface area contributed by atoms with Crippen molar-refractivity contribution in [1.82, 2.24) is 0 Å². The molecule has 0 saturated carbocycles. The monoisotopic (exact) mass is 250 g/mol. The van der Waals surface area contributed by atoms with Crippen LogP contribution in [0.3, 0.4) is 0 Å². The molecule has 0 aromatic rings. The first-order chi connectivity index (χ1) is 7.33. The zero-order valence-electron chi connectivity index (χ0n) is 11.2. The van der Waals surface area contributed by atoms with E-state index in [-0.39, 0.29) is 0 Å². The Bertz CT molecular complexity index is 74.6. The second-order valence-electron chi connectivity index (χ2n) is 3.70. The van der Waals surface area contributed by atoms with Crippen LogP contribution in [0.2, 0.25) is 0 Å². The topological polar surface area (TPSA) is 0 Å². The van der Waals surface area contributed by atoms with Crippen molar-refractivity contribution in [2.75, 3.05) is 11.5 Å². The summed E-state index contributed by atoms with van der Waals surface area (Å²) in [4.78, 5) is 0. The molecular weight excluding hydrogens is 220 g/mol. The van der Waals surface area contributed by atoms with Gasteiger partial charge in [-0.2, -0.15) is 0 Å². The number of hydrogen-bond donors (Lipinski definition) is 0. The molecule has 0 atom stereocenters. The predicted molar refractivity (Wildman–Crippen MR) is 79.9 cm³/mol. The van der Waals surface area contributed by atoms with Gasteiger partial charge in [0.1, 0.15) is 0 Å². The quantitative estimate of drug-likeness (QED) is 0.355. The van der Waals surface area contributed by atoms with Gasteiger partial charge in [-0.25, -0.2) is 0 Å². The number of hydrogen-bond acceptors (Lipinski definition) is 2. The molecule has 0 heterocycles. The molecular formula is C13H30S2. The first kappa shape index (κ1) is 18.1. The number of rotatable bonds is 9. The molecule has 0 N–H and O–H groups in total. The Morgan fingerprint density at radius 2 is 0.933 bits per heavy atom. The van der Waals surface area contributed by atoms with Gasteiger partial charge in [-0.15, -0.1) is 0 Å². The van der Waals surface area contributed by atoms with Gasteiger partial charge < -0.3 is 0 Å². The summed E-state index contributed by atoms with van der Waals surface area (Å²) >= 11 is 0. The Morgan fingerprint density at radius 1 is 0.533 bits per heavy atom. The van der Waals surface area contributed by atoms with Crippen LogP contribution < -0.4 is 0 Å². The Labute approximate surface area is 106 Å². The lowest BCUT2D eigenvalue weighted by Crippen LogP contribution is -1.70. The van der Waals surface area contributed by atoms with Crippen molar-refractivity contribution in [3.63, 3.8) is 0 Å². The van der Waals surface area contributed by atoms with Crippen molar-refractivity contribution >= 4 is 21.6 Å². The Kier molecular flexibility index (Phi) is 24.3. The highest BCUT2D eigenvalue weighted by Gasteiger charge is 1.83. The minimum Gasteiger partial charge on any atom is -0.0942 e. The van der Waals surface area contributed by atoms with Crippen molar-refractivity contribution in [2.24, 2.45) is 0 Å². The maximum absolute atomic E-state index is 2.25. The van der Waals surface area contributed by atoms with E-state index in [1.54, 1.807) is 0 Å². The average molecular weight is 251 g/mol. The predicted octanol–water partition coefficient (Wildman–Crippen LogP) is 6.16. The first-order valence-corrected chi connectivity index (χ1v) is 9.06. The van der Waals surface area contributed by atoms with Gasteiger partial charge >= 0.3 is 0 Å². The van der Waals surface area contributed by atoms with Crippen LogP contribution in [0.15, 0.2) is 0 Å². The lowest BCUT2D eigenvalue weighted by Gasteiger charge is -1.93. The molecule has 94 valence electrons. The molecule has 0 aromatic heterocycles. The highest BCUT2D eigenvalue weighted by atomic mass is 33.1.